The highest BCUT2D eigenvalue weighted by Crippen LogP contribution is 2.19. The van der Waals surface area contributed by atoms with Gasteiger partial charge in [0.1, 0.15) is 5.60 Å². The van der Waals surface area contributed by atoms with E-state index in [0.29, 0.717) is 5.92 Å². The van der Waals surface area contributed by atoms with Crippen LogP contribution in [0.4, 0.5) is 4.79 Å². The van der Waals surface area contributed by atoms with Crippen LogP contribution in [0.3, 0.4) is 0 Å². The Labute approximate surface area is 135 Å². The Bertz CT molecular complexity index is 359. The zero-order valence-electron chi connectivity index (χ0n) is 14.7. The van der Waals surface area contributed by atoms with E-state index in [1.165, 1.54) is 25.9 Å². The molecule has 0 radical (unpaired) electrons. The first kappa shape index (κ1) is 17.5. The summed E-state index contributed by atoms with van der Waals surface area (Å²) in [6.45, 7) is 12.0. The van der Waals surface area contributed by atoms with Crippen LogP contribution >= 0.6 is 0 Å². The van der Waals surface area contributed by atoms with Crippen LogP contribution in [0, 0.1) is 11.8 Å². The Morgan fingerprint density at radius 2 is 1.68 bits per heavy atom. The van der Waals surface area contributed by atoms with Crippen LogP contribution in [0.1, 0.15) is 40.0 Å². The van der Waals surface area contributed by atoms with Crippen LogP contribution in [-0.4, -0.2) is 67.8 Å². The molecule has 1 atom stereocenters. The van der Waals surface area contributed by atoms with E-state index in [1.54, 1.807) is 0 Å². The number of nitrogens with one attached hydrogen (secondary N) is 1. The molecule has 1 unspecified atom stereocenters. The molecular weight excluding hydrogens is 278 g/mol. The number of piperidine rings is 1. The monoisotopic (exact) mass is 311 g/mol. The van der Waals surface area contributed by atoms with E-state index in [2.05, 4.69) is 17.3 Å². The number of carbonyl (C=O) groups is 1. The van der Waals surface area contributed by atoms with E-state index in [9.17, 15) is 4.79 Å². The number of carbonyl (C=O) groups excluding carboxylic acids is 1. The first-order valence-electron chi connectivity index (χ1n) is 8.70. The summed E-state index contributed by atoms with van der Waals surface area (Å²) in [5, 5.41) is 3.62. The summed E-state index contributed by atoms with van der Waals surface area (Å²) in [6, 6.07) is 0. The molecule has 2 heterocycles. The van der Waals surface area contributed by atoms with Crippen molar-refractivity contribution in [3.05, 3.63) is 0 Å². The molecule has 22 heavy (non-hydrogen) atoms. The summed E-state index contributed by atoms with van der Waals surface area (Å²) in [7, 11) is 2.20. The Morgan fingerprint density at radius 3 is 2.32 bits per heavy atom. The Hall–Kier alpha value is -0.810. The third-order valence-electron chi connectivity index (χ3n) is 4.64. The third-order valence-corrected chi connectivity index (χ3v) is 4.64. The second-order valence-electron chi connectivity index (χ2n) is 7.99. The zero-order valence-corrected chi connectivity index (χ0v) is 14.7. The molecular formula is C17H33N3O2. The number of amides is 1. The highest BCUT2D eigenvalue weighted by molar-refractivity contribution is 5.68. The normalized spacial score (nSPS) is 24.7. The van der Waals surface area contributed by atoms with Gasteiger partial charge in [-0.25, -0.2) is 4.79 Å². The number of hydrogen-bond acceptors (Lipinski definition) is 4. The Kier molecular flexibility index (Phi) is 6.09. The minimum Gasteiger partial charge on any atom is -0.444 e. The summed E-state index contributed by atoms with van der Waals surface area (Å²) < 4.78 is 5.44. The standard InChI is InChI=1S/C17H33N3O2/c1-17(2,3)22-16(21)20-10-7-15(13-20)12-18-11-14-5-8-19(4)9-6-14/h14-15,18H,5-13H2,1-4H3. The number of nitrogens with zero attached hydrogens (tertiary/aromatic N) is 2. The minimum absolute atomic E-state index is 0.162. The lowest BCUT2D eigenvalue weighted by Crippen LogP contribution is -2.37. The summed E-state index contributed by atoms with van der Waals surface area (Å²) in [5.74, 6) is 1.39. The maximum absolute atomic E-state index is 12.0. The van der Waals surface area contributed by atoms with Crippen LogP contribution < -0.4 is 5.32 Å². The van der Waals surface area contributed by atoms with Gasteiger partial charge in [0.2, 0.25) is 0 Å². The minimum atomic E-state index is -0.401. The molecule has 1 N–H and O–H groups in total. The van der Waals surface area contributed by atoms with Crippen molar-refractivity contribution < 1.29 is 9.53 Å². The first-order chi connectivity index (χ1) is 10.3. The van der Waals surface area contributed by atoms with Crippen molar-refractivity contribution in [1.29, 1.82) is 0 Å². The van der Waals surface area contributed by atoms with Crippen molar-refractivity contribution in [3.8, 4) is 0 Å². The van der Waals surface area contributed by atoms with Gasteiger partial charge in [-0.1, -0.05) is 0 Å². The van der Waals surface area contributed by atoms with Gasteiger partial charge in [0.05, 0.1) is 0 Å². The molecule has 2 fully saturated rings. The Balaban J connectivity index is 1.61. The van der Waals surface area contributed by atoms with E-state index in [1.807, 2.05) is 25.7 Å². The molecule has 0 aromatic heterocycles. The largest absolute Gasteiger partial charge is 0.444 e. The zero-order chi connectivity index (χ0) is 16.2. The lowest BCUT2D eigenvalue weighted by molar-refractivity contribution is 0.0288. The van der Waals surface area contributed by atoms with Crippen molar-refractivity contribution in [2.24, 2.45) is 11.8 Å². The van der Waals surface area contributed by atoms with Gasteiger partial charge >= 0.3 is 6.09 Å². The lowest BCUT2D eigenvalue weighted by Gasteiger charge is -2.29. The molecule has 0 aliphatic carbocycles. The Morgan fingerprint density at radius 1 is 1.09 bits per heavy atom. The van der Waals surface area contributed by atoms with Gasteiger partial charge in [-0.05, 0) is 85.1 Å². The van der Waals surface area contributed by atoms with E-state index in [0.717, 1.165) is 38.5 Å². The second kappa shape index (κ2) is 7.64. The molecule has 0 saturated carbocycles. The smallest absolute Gasteiger partial charge is 0.410 e. The van der Waals surface area contributed by atoms with Gasteiger partial charge in [0, 0.05) is 13.1 Å². The van der Waals surface area contributed by atoms with Crippen molar-refractivity contribution in [2.45, 2.75) is 45.6 Å². The number of ether oxygens (including phenoxy) is 1. The van der Waals surface area contributed by atoms with Gasteiger partial charge in [-0.15, -0.1) is 0 Å². The summed E-state index contributed by atoms with van der Waals surface area (Å²) in [4.78, 5) is 16.3. The molecule has 0 spiro atoms. The lowest BCUT2D eigenvalue weighted by atomic mass is 9.97. The van der Waals surface area contributed by atoms with Crippen LogP contribution in [-0.2, 0) is 4.74 Å². The molecule has 0 bridgehead atoms. The number of hydrogen-bond donors (Lipinski definition) is 1. The number of likely N-dealkylation sites (tertiary alicyclic amines) is 2. The van der Waals surface area contributed by atoms with Gasteiger partial charge < -0.3 is 19.9 Å². The average molecular weight is 311 g/mol. The molecule has 2 aliphatic rings. The SMILES string of the molecule is CN1CCC(CNCC2CCN(C(=O)OC(C)(C)C)C2)CC1. The highest BCUT2D eigenvalue weighted by atomic mass is 16.6. The summed E-state index contributed by atoms with van der Waals surface area (Å²) >= 11 is 0. The molecule has 128 valence electrons. The fourth-order valence-corrected chi connectivity index (χ4v) is 3.25. The van der Waals surface area contributed by atoms with Crippen molar-refractivity contribution >= 4 is 6.09 Å². The predicted octanol–water partition coefficient (Wildman–Crippen LogP) is 2.17. The molecule has 5 heteroatoms. The van der Waals surface area contributed by atoms with E-state index < -0.39 is 5.60 Å². The van der Waals surface area contributed by atoms with Crippen LogP contribution in [0.25, 0.3) is 0 Å². The van der Waals surface area contributed by atoms with E-state index in [4.69, 9.17) is 4.74 Å². The molecule has 2 aliphatic heterocycles. The molecule has 0 aromatic carbocycles. The molecule has 2 rings (SSSR count). The van der Waals surface area contributed by atoms with Crippen molar-refractivity contribution in [2.75, 3.05) is 46.3 Å². The average Bonchev–Trinajstić information content (AvgIpc) is 2.88. The van der Waals surface area contributed by atoms with Gasteiger partial charge in [-0.2, -0.15) is 0 Å². The molecule has 0 aromatic rings. The highest BCUT2D eigenvalue weighted by Gasteiger charge is 2.29. The molecule has 5 nitrogen and oxygen atoms in total. The fourth-order valence-electron chi connectivity index (χ4n) is 3.25. The fraction of sp³-hybridized carbons (Fsp3) is 0.941. The van der Waals surface area contributed by atoms with E-state index >= 15 is 0 Å². The van der Waals surface area contributed by atoms with Crippen LogP contribution in [0.2, 0.25) is 0 Å². The molecule has 2 saturated heterocycles. The summed E-state index contributed by atoms with van der Waals surface area (Å²) in [6.07, 6.45) is 3.53. The predicted molar refractivity (Wildman–Crippen MR) is 89.0 cm³/mol. The van der Waals surface area contributed by atoms with Gasteiger partial charge in [-0.3, -0.25) is 0 Å². The van der Waals surface area contributed by atoms with Crippen molar-refractivity contribution in [1.82, 2.24) is 15.1 Å². The summed E-state index contributed by atoms with van der Waals surface area (Å²) in [5.41, 5.74) is -0.401. The number of rotatable bonds is 4. The topological polar surface area (TPSA) is 44.8 Å². The molecule has 1 amide bonds. The second-order valence-corrected chi connectivity index (χ2v) is 7.99. The van der Waals surface area contributed by atoms with Gasteiger partial charge in [0.15, 0.2) is 0 Å². The van der Waals surface area contributed by atoms with Gasteiger partial charge in [0.25, 0.3) is 0 Å². The maximum atomic E-state index is 12.0. The maximum Gasteiger partial charge on any atom is 0.410 e. The first-order valence-corrected chi connectivity index (χ1v) is 8.70. The van der Waals surface area contributed by atoms with E-state index in [-0.39, 0.29) is 6.09 Å². The quantitative estimate of drug-likeness (QED) is 0.864. The third kappa shape index (κ3) is 5.76. The van der Waals surface area contributed by atoms with Crippen LogP contribution in [0.5, 0.6) is 0 Å². The van der Waals surface area contributed by atoms with Crippen LogP contribution in [0.15, 0.2) is 0 Å². The van der Waals surface area contributed by atoms with Crippen molar-refractivity contribution in [3.63, 3.8) is 0 Å².